The second-order valence-corrected chi connectivity index (χ2v) is 8.36. The van der Waals surface area contributed by atoms with Gasteiger partial charge in [0.15, 0.2) is 5.96 Å². The van der Waals surface area contributed by atoms with Gasteiger partial charge in [-0.15, -0.1) is 23.2 Å². The van der Waals surface area contributed by atoms with Crippen LogP contribution < -0.4 is 11.5 Å². The summed E-state index contributed by atoms with van der Waals surface area (Å²) in [6.45, 7) is 4.14. The van der Waals surface area contributed by atoms with Crippen molar-refractivity contribution in [1.82, 2.24) is 9.47 Å². The molecule has 28 heavy (non-hydrogen) atoms. The second kappa shape index (κ2) is 8.19. The van der Waals surface area contributed by atoms with E-state index >= 15 is 0 Å². The molecule has 1 aliphatic carbocycles. The molecular weight excluding hydrogens is 393 g/mol. The van der Waals surface area contributed by atoms with Crippen molar-refractivity contribution in [2.24, 2.45) is 16.5 Å². The fourth-order valence-corrected chi connectivity index (χ4v) is 4.55. The Balaban J connectivity index is 1.59. The molecule has 1 aromatic carbocycles. The third-order valence-corrected chi connectivity index (χ3v) is 6.38. The van der Waals surface area contributed by atoms with Crippen LogP contribution in [0.25, 0.3) is 10.9 Å². The van der Waals surface area contributed by atoms with Crippen molar-refractivity contribution in [1.29, 1.82) is 0 Å². The second-order valence-electron chi connectivity index (χ2n) is 7.35. The van der Waals surface area contributed by atoms with Crippen molar-refractivity contribution in [2.75, 3.05) is 19.6 Å². The van der Waals surface area contributed by atoms with Crippen LogP contribution in [0, 0.1) is 0 Å². The van der Waals surface area contributed by atoms with Crippen LogP contribution in [0.2, 0.25) is 0 Å². The summed E-state index contributed by atoms with van der Waals surface area (Å²) in [4.78, 5) is 6.64. The van der Waals surface area contributed by atoms with Crippen molar-refractivity contribution in [2.45, 2.75) is 30.3 Å². The molecule has 2 heterocycles. The summed E-state index contributed by atoms with van der Waals surface area (Å²) in [7, 11) is 0. The van der Waals surface area contributed by atoms with Gasteiger partial charge in [-0.05, 0) is 23.6 Å². The first-order valence-electron chi connectivity index (χ1n) is 9.56. The molecule has 2 aliphatic rings. The van der Waals surface area contributed by atoms with Gasteiger partial charge in [-0.3, -0.25) is 9.89 Å². The Labute approximate surface area is 175 Å². The highest BCUT2D eigenvalue weighted by molar-refractivity contribution is 6.31. The van der Waals surface area contributed by atoms with Crippen LogP contribution in [0.4, 0.5) is 0 Å². The summed E-state index contributed by atoms with van der Waals surface area (Å²) in [6, 6.07) is 8.59. The highest BCUT2D eigenvalue weighted by atomic mass is 35.5. The molecule has 1 aromatic heterocycles. The first-order valence-corrected chi connectivity index (χ1v) is 10.4. The van der Waals surface area contributed by atoms with Gasteiger partial charge in [-0.25, -0.2) is 0 Å². The van der Waals surface area contributed by atoms with E-state index in [4.69, 9.17) is 34.7 Å². The molecule has 1 aliphatic heterocycles. The van der Waals surface area contributed by atoms with Gasteiger partial charge >= 0.3 is 0 Å². The van der Waals surface area contributed by atoms with Gasteiger partial charge < -0.3 is 16.0 Å². The molecule has 0 fully saturated rings. The molecule has 2 atom stereocenters. The van der Waals surface area contributed by atoms with Gasteiger partial charge in [-0.1, -0.05) is 36.4 Å². The lowest BCUT2D eigenvalue weighted by molar-refractivity contribution is 0.269. The van der Waals surface area contributed by atoms with Gasteiger partial charge in [0.1, 0.15) is 0 Å². The van der Waals surface area contributed by atoms with E-state index in [1.807, 2.05) is 6.08 Å². The van der Waals surface area contributed by atoms with Crippen LogP contribution in [0.5, 0.6) is 0 Å². The van der Waals surface area contributed by atoms with E-state index in [2.05, 4.69) is 50.9 Å². The van der Waals surface area contributed by atoms with Crippen LogP contribution in [0.3, 0.4) is 0 Å². The molecule has 0 amide bonds. The lowest BCUT2D eigenvalue weighted by Gasteiger charge is -2.30. The van der Waals surface area contributed by atoms with Crippen molar-refractivity contribution >= 4 is 40.1 Å². The van der Waals surface area contributed by atoms with Crippen molar-refractivity contribution in [3.05, 3.63) is 59.3 Å². The normalized spacial score (nSPS) is 22.1. The average Bonchev–Trinajstić information content (AvgIpc) is 2.98. The Bertz CT molecular complexity index is 955. The molecule has 0 radical (unpaired) electrons. The lowest BCUT2D eigenvalue weighted by atomic mass is 10.0. The predicted octanol–water partition coefficient (Wildman–Crippen LogP) is 2.98. The Morgan fingerprint density at radius 1 is 1.18 bits per heavy atom. The maximum atomic E-state index is 6.31. The zero-order valence-corrected chi connectivity index (χ0v) is 17.2. The summed E-state index contributed by atoms with van der Waals surface area (Å²) in [6.07, 6.45) is 7.18. The minimum atomic E-state index is -0.145. The number of hydrogen-bond donors (Lipinski definition) is 2. The number of halogens is 2. The summed E-state index contributed by atoms with van der Waals surface area (Å²) >= 11 is 12.5. The predicted molar refractivity (Wildman–Crippen MR) is 118 cm³/mol. The Hall–Kier alpha value is -1.95. The average molecular weight is 418 g/mol. The number of nitrogens with zero attached hydrogens (tertiary/aromatic N) is 3. The number of aliphatic imine (C=N–C) groups is 1. The first-order chi connectivity index (χ1) is 13.5. The number of benzene rings is 1. The summed E-state index contributed by atoms with van der Waals surface area (Å²) in [5.74, 6) is 0.135. The van der Waals surface area contributed by atoms with E-state index in [9.17, 15) is 0 Å². The topological polar surface area (TPSA) is 72.6 Å². The molecule has 0 saturated heterocycles. The number of alkyl halides is 2. The molecule has 2 unspecified atom stereocenters. The molecule has 7 heteroatoms. The molecule has 2 aromatic rings. The van der Waals surface area contributed by atoms with Crippen LogP contribution in [-0.4, -0.2) is 45.8 Å². The Morgan fingerprint density at radius 2 is 2.00 bits per heavy atom. The van der Waals surface area contributed by atoms with Gasteiger partial charge in [-0.2, -0.15) is 0 Å². The molecule has 4 rings (SSSR count). The van der Waals surface area contributed by atoms with Crippen LogP contribution >= 0.6 is 23.2 Å². The number of rotatable bonds is 5. The van der Waals surface area contributed by atoms with Crippen LogP contribution in [0.15, 0.2) is 53.1 Å². The Morgan fingerprint density at radius 3 is 2.79 bits per heavy atom. The van der Waals surface area contributed by atoms with E-state index in [0.29, 0.717) is 6.54 Å². The largest absolute Gasteiger partial charge is 0.370 e. The van der Waals surface area contributed by atoms with Crippen LogP contribution in [0.1, 0.15) is 11.3 Å². The highest BCUT2D eigenvalue weighted by Crippen LogP contribution is 2.31. The SMILES string of the molecule is NC(N)=NCCn1c2c(c3ccccc31)CCN(CC1=CC(Cl)C(Cl)C=C1)C2. The van der Waals surface area contributed by atoms with Crippen molar-refractivity contribution in [3.63, 3.8) is 0 Å². The number of para-hydroxylation sites is 1. The first kappa shape index (κ1) is 19.4. The fraction of sp³-hybridized carbons (Fsp3) is 0.381. The van der Waals surface area contributed by atoms with E-state index in [0.717, 1.165) is 32.6 Å². The standard InChI is InChI=1S/C21H25Cl2N5/c22-17-6-5-14(11-18(17)23)12-27-9-7-16-15-3-1-2-4-19(15)28(20(16)13-27)10-8-26-21(24)25/h1-6,11,17-18H,7-10,12-13H2,(H4,24,25,26). The number of hydrogen-bond acceptors (Lipinski definition) is 2. The number of guanidine groups is 1. The van der Waals surface area contributed by atoms with E-state index in [1.165, 1.54) is 27.7 Å². The molecule has 0 spiro atoms. The number of nitrogens with two attached hydrogens (primary N) is 2. The van der Waals surface area contributed by atoms with Crippen molar-refractivity contribution in [3.8, 4) is 0 Å². The summed E-state index contributed by atoms with van der Waals surface area (Å²) in [5.41, 5.74) is 16.3. The number of aromatic nitrogens is 1. The lowest BCUT2D eigenvalue weighted by Crippen LogP contribution is -2.33. The monoisotopic (exact) mass is 417 g/mol. The van der Waals surface area contributed by atoms with Crippen molar-refractivity contribution < 1.29 is 0 Å². The minimum absolute atomic E-state index is 0.128. The van der Waals surface area contributed by atoms with Gasteiger partial charge in [0.05, 0.1) is 17.3 Å². The zero-order valence-electron chi connectivity index (χ0n) is 15.7. The van der Waals surface area contributed by atoms with Gasteiger partial charge in [0.25, 0.3) is 0 Å². The molecule has 0 saturated carbocycles. The smallest absolute Gasteiger partial charge is 0.185 e. The zero-order chi connectivity index (χ0) is 19.7. The van der Waals surface area contributed by atoms with E-state index < -0.39 is 0 Å². The van der Waals surface area contributed by atoms with E-state index in [-0.39, 0.29) is 16.7 Å². The maximum Gasteiger partial charge on any atom is 0.185 e. The third kappa shape index (κ3) is 3.93. The summed E-state index contributed by atoms with van der Waals surface area (Å²) in [5, 5.41) is 1.06. The highest BCUT2D eigenvalue weighted by Gasteiger charge is 2.25. The molecule has 148 valence electrons. The van der Waals surface area contributed by atoms with E-state index in [1.54, 1.807) is 0 Å². The quantitative estimate of drug-likeness (QED) is 0.446. The number of fused-ring (bicyclic) bond motifs is 3. The molecule has 4 N–H and O–H groups in total. The maximum absolute atomic E-state index is 6.31. The van der Waals surface area contributed by atoms with Gasteiger partial charge in [0.2, 0.25) is 0 Å². The van der Waals surface area contributed by atoms with Gasteiger partial charge in [0, 0.05) is 42.8 Å². The number of allylic oxidation sites excluding steroid dienone is 2. The Kier molecular flexibility index (Phi) is 5.67. The summed E-state index contributed by atoms with van der Waals surface area (Å²) < 4.78 is 2.37. The third-order valence-electron chi connectivity index (χ3n) is 5.44. The fourth-order valence-electron chi connectivity index (χ4n) is 4.16. The molecular formula is C21H25Cl2N5. The van der Waals surface area contributed by atoms with Crippen LogP contribution in [-0.2, 0) is 19.5 Å². The minimum Gasteiger partial charge on any atom is -0.370 e. The molecule has 5 nitrogen and oxygen atoms in total. The molecule has 0 bridgehead atoms.